The van der Waals surface area contributed by atoms with E-state index in [0.717, 1.165) is 23.1 Å². The second-order valence-corrected chi connectivity index (χ2v) is 5.72. The molecule has 1 aliphatic heterocycles. The van der Waals surface area contributed by atoms with Crippen molar-refractivity contribution in [3.8, 4) is 0 Å². The van der Waals surface area contributed by atoms with Gasteiger partial charge < -0.3 is 10.2 Å². The molecular formula is C12H14ClIN2O. The summed E-state index contributed by atoms with van der Waals surface area (Å²) in [6, 6.07) is 5.88. The smallest absolute Gasteiger partial charge is 0.253 e. The van der Waals surface area contributed by atoms with Crippen LogP contribution in [-0.2, 0) is 0 Å². The standard InChI is InChI=1S/C12H14ClIN2O/c1-15-9-4-5-16(7-9)12(17)8-2-3-11(14)10(13)6-8/h2-3,6,9,15H,4-5,7H2,1H3. The first kappa shape index (κ1) is 13.1. The molecule has 3 nitrogen and oxygen atoms in total. The molecule has 0 spiro atoms. The van der Waals surface area contributed by atoms with Crippen LogP contribution in [0.15, 0.2) is 18.2 Å². The van der Waals surface area contributed by atoms with Crippen molar-refractivity contribution in [2.45, 2.75) is 12.5 Å². The second kappa shape index (κ2) is 5.54. The van der Waals surface area contributed by atoms with Gasteiger partial charge in [-0.25, -0.2) is 0 Å². The average Bonchev–Trinajstić information content (AvgIpc) is 2.80. The first-order chi connectivity index (χ1) is 8.11. The molecule has 1 heterocycles. The number of likely N-dealkylation sites (tertiary alicyclic amines) is 1. The molecule has 1 atom stereocenters. The number of benzene rings is 1. The zero-order valence-corrected chi connectivity index (χ0v) is 12.5. The molecule has 0 aromatic heterocycles. The van der Waals surface area contributed by atoms with Gasteiger partial charge in [0, 0.05) is 28.3 Å². The van der Waals surface area contributed by atoms with E-state index < -0.39 is 0 Å². The summed E-state index contributed by atoms with van der Waals surface area (Å²) in [4.78, 5) is 14.1. The van der Waals surface area contributed by atoms with Gasteiger partial charge in [0.1, 0.15) is 0 Å². The third-order valence-corrected chi connectivity index (χ3v) is 4.62. The summed E-state index contributed by atoms with van der Waals surface area (Å²) < 4.78 is 0.968. The highest BCUT2D eigenvalue weighted by atomic mass is 127. The minimum absolute atomic E-state index is 0.0704. The summed E-state index contributed by atoms with van der Waals surface area (Å²) in [6.07, 6.45) is 1.01. The first-order valence-corrected chi connectivity index (χ1v) is 6.99. The molecule has 1 aliphatic rings. The van der Waals surface area contributed by atoms with Crippen LogP contribution in [0.2, 0.25) is 5.02 Å². The van der Waals surface area contributed by atoms with E-state index in [0.29, 0.717) is 16.6 Å². The molecule has 17 heavy (non-hydrogen) atoms. The van der Waals surface area contributed by atoms with E-state index in [-0.39, 0.29) is 5.91 Å². The third kappa shape index (κ3) is 2.92. The normalized spacial score (nSPS) is 19.7. The van der Waals surface area contributed by atoms with E-state index in [1.807, 2.05) is 24.1 Å². The van der Waals surface area contributed by atoms with Crippen molar-refractivity contribution in [2.24, 2.45) is 0 Å². The Morgan fingerprint density at radius 2 is 2.35 bits per heavy atom. The number of halogens is 2. The Kier molecular flexibility index (Phi) is 4.27. The van der Waals surface area contributed by atoms with E-state index in [1.54, 1.807) is 6.07 Å². The van der Waals surface area contributed by atoms with E-state index in [9.17, 15) is 4.79 Å². The van der Waals surface area contributed by atoms with Crippen LogP contribution >= 0.6 is 34.2 Å². The molecule has 92 valence electrons. The number of nitrogens with one attached hydrogen (secondary N) is 1. The molecule has 1 fully saturated rings. The van der Waals surface area contributed by atoms with Crippen LogP contribution in [0, 0.1) is 3.57 Å². The zero-order valence-electron chi connectivity index (χ0n) is 9.54. The molecule has 0 bridgehead atoms. The quantitative estimate of drug-likeness (QED) is 0.817. The van der Waals surface area contributed by atoms with Gasteiger partial charge in [-0.15, -0.1) is 0 Å². The molecule has 1 aromatic rings. The van der Waals surface area contributed by atoms with Crippen molar-refractivity contribution in [3.05, 3.63) is 32.4 Å². The molecule has 0 radical (unpaired) electrons. The molecule has 5 heteroatoms. The van der Waals surface area contributed by atoms with E-state index in [1.165, 1.54) is 0 Å². The van der Waals surface area contributed by atoms with Gasteiger partial charge in [-0.05, 0) is 54.3 Å². The summed E-state index contributed by atoms with van der Waals surface area (Å²) in [7, 11) is 1.93. The van der Waals surface area contributed by atoms with Crippen molar-refractivity contribution < 1.29 is 4.79 Å². The first-order valence-electron chi connectivity index (χ1n) is 5.53. The van der Waals surface area contributed by atoms with Gasteiger partial charge in [0.25, 0.3) is 5.91 Å². The molecule has 1 saturated heterocycles. The zero-order chi connectivity index (χ0) is 12.4. The van der Waals surface area contributed by atoms with Gasteiger partial charge in [0.2, 0.25) is 0 Å². The Morgan fingerprint density at radius 3 is 2.94 bits per heavy atom. The number of nitrogens with zero attached hydrogens (tertiary/aromatic N) is 1. The van der Waals surface area contributed by atoms with E-state index in [2.05, 4.69) is 27.9 Å². The fourth-order valence-electron chi connectivity index (χ4n) is 1.99. The SMILES string of the molecule is CNC1CCN(C(=O)c2ccc(I)c(Cl)c2)C1. The predicted octanol–water partition coefficient (Wildman–Crippen LogP) is 2.38. The molecule has 1 unspecified atom stereocenters. The fourth-order valence-corrected chi connectivity index (χ4v) is 2.51. The lowest BCUT2D eigenvalue weighted by molar-refractivity contribution is 0.0789. The van der Waals surface area contributed by atoms with E-state index >= 15 is 0 Å². The van der Waals surface area contributed by atoms with Crippen LogP contribution in [0.4, 0.5) is 0 Å². The summed E-state index contributed by atoms with van der Waals surface area (Å²) in [5, 5.41) is 3.84. The number of carbonyl (C=O) groups is 1. The van der Waals surface area contributed by atoms with Gasteiger partial charge in [0.15, 0.2) is 0 Å². The highest BCUT2D eigenvalue weighted by molar-refractivity contribution is 14.1. The lowest BCUT2D eigenvalue weighted by atomic mass is 10.2. The van der Waals surface area contributed by atoms with Gasteiger partial charge >= 0.3 is 0 Å². The number of hydrogen-bond donors (Lipinski definition) is 1. The maximum atomic E-state index is 12.2. The van der Waals surface area contributed by atoms with Crippen LogP contribution in [-0.4, -0.2) is 37.0 Å². The van der Waals surface area contributed by atoms with Gasteiger partial charge in [-0.2, -0.15) is 0 Å². The lowest BCUT2D eigenvalue weighted by Crippen LogP contribution is -2.33. The maximum absolute atomic E-state index is 12.2. The number of rotatable bonds is 2. The number of carbonyl (C=O) groups excluding carboxylic acids is 1. The maximum Gasteiger partial charge on any atom is 0.253 e. The van der Waals surface area contributed by atoms with Crippen molar-refractivity contribution in [3.63, 3.8) is 0 Å². The molecule has 1 amide bonds. The van der Waals surface area contributed by atoms with Crippen LogP contribution in [0.25, 0.3) is 0 Å². The van der Waals surface area contributed by atoms with Crippen LogP contribution in [0.1, 0.15) is 16.8 Å². The lowest BCUT2D eigenvalue weighted by Gasteiger charge is -2.16. The highest BCUT2D eigenvalue weighted by Gasteiger charge is 2.25. The molecule has 2 rings (SSSR count). The Labute approximate surface area is 120 Å². The Bertz CT molecular complexity index is 439. The van der Waals surface area contributed by atoms with Crippen molar-refractivity contribution >= 4 is 40.1 Å². The van der Waals surface area contributed by atoms with Crippen LogP contribution in [0.5, 0.6) is 0 Å². The number of likely N-dealkylation sites (N-methyl/N-ethyl adjacent to an activating group) is 1. The summed E-state index contributed by atoms with van der Waals surface area (Å²) in [6.45, 7) is 1.59. The minimum atomic E-state index is 0.0704. The topological polar surface area (TPSA) is 32.3 Å². The predicted molar refractivity (Wildman–Crippen MR) is 77.5 cm³/mol. The molecular weight excluding hydrogens is 351 g/mol. The minimum Gasteiger partial charge on any atom is -0.337 e. The van der Waals surface area contributed by atoms with Gasteiger partial charge in [-0.1, -0.05) is 11.6 Å². The largest absolute Gasteiger partial charge is 0.337 e. The molecule has 1 aromatic carbocycles. The molecule has 0 aliphatic carbocycles. The molecule has 1 N–H and O–H groups in total. The average molecular weight is 365 g/mol. The third-order valence-electron chi connectivity index (χ3n) is 3.05. The summed E-state index contributed by atoms with van der Waals surface area (Å²) in [5.74, 6) is 0.0704. The fraction of sp³-hybridized carbons (Fsp3) is 0.417. The summed E-state index contributed by atoms with van der Waals surface area (Å²) in [5.41, 5.74) is 0.673. The van der Waals surface area contributed by atoms with Gasteiger partial charge in [0.05, 0.1) is 5.02 Å². The van der Waals surface area contributed by atoms with Gasteiger partial charge in [-0.3, -0.25) is 4.79 Å². The van der Waals surface area contributed by atoms with Crippen LogP contribution in [0.3, 0.4) is 0 Å². The monoisotopic (exact) mass is 364 g/mol. The molecule has 0 saturated carbocycles. The van der Waals surface area contributed by atoms with Crippen molar-refractivity contribution in [2.75, 3.05) is 20.1 Å². The Hall–Kier alpha value is -0.330. The van der Waals surface area contributed by atoms with Crippen molar-refractivity contribution in [1.29, 1.82) is 0 Å². The number of amides is 1. The van der Waals surface area contributed by atoms with Crippen LogP contribution < -0.4 is 5.32 Å². The summed E-state index contributed by atoms with van der Waals surface area (Å²) >= 11 is 8.19. The Balaban J connectivity index is 2.12. The number of hydrogen-bond acceptors (Lipinski definition) is 2. The Morgan fingerprint density at radius 1 is 1.59 bits per heavy atom. The second-order valence-electron chi connectivity index (χ2n) is 4.15. The van der Waals surface area contributed by atoms with Crippen molar-refractivity contribution in [1.82, 2.24) is 10.2 Å². The van der Waals surface area contributed by atoms with E-state index in [4.69, 9.17) is 11.6 Å². The highest BCUT2D eigenvalue weighted by Crippen LogP contribution is 2.21.